The Kier molecular flexibility index (Phi) is 4.76. The summed E-state index contributed by atoms with van der Waals surface area (Å²) in [5, 5.41) is 5.72. The quantitative estimate of drug-likeness (QED) is 0.663. The molecule has 1 saturated heterocycles. The number of piperazine rings is 1. The minimum Gasteiger partial charge on any atom is -0.369 e. The molecular formula is C19H17F4N5. The molecule has 0 saturated carbocycles. The fourth-order valence-electron chi connectivity index (χ4n) is 3.18. The van der Waals surface area contributed by atoms with E-state index < -0.39 is 17.7 Å². The van der Waals surface area contributed by atoms with Crippen molar-refractivity contribution in [2.75, 3.05) is 36.4 Å². The van der Waals surface area contributed by atoms with Gasteiger partial charge in [-0.25, -0.2) is 14.4 Å². The smallest absolute Gasteiger partial charge is 0.369 e. The summed E-state index contributed by atoms with van der Waals surface area (Å²) in [6.07, 6.45) is -4.72. The third-order valence-electron chi connectivity index (χ3n) is 4.53. The highest BCUT2D eigenvalue weighted by molar-refractivity contribution is 5.83. The minimum absolute atomic E-state index is 0.0173. The first kappa shape index (κ1) is 18.4. The number of benzene rings is 2. The van der Waals surface area contributed by atoms with E-state index in [4.69, 9.17) is 0 Å². The molecule has 0 atom stereocenters. The van der Waals surface area contributed by atoms with Crippen molar-refractivity contribution in [1.29, 1.82) is 0 Å². The standard InChI is InChI=1S/C19H17F4N5/c20-12-1-6-16-15(11-12)17(19(21,22)23)27-18(26-16)25-13-2-4-14(5-3-13)28-9-7-24-8-10-28/h1-6,11,24H,7-10H2,(H,25,26,27). The summed E-state index contributed by atoms with van der Waals surface area (Å²) in [6, 6.07) is 10.4. The van der Waals surface area contributed by atoms with Crippen molar-refractivity contribution < 1.29 is 17.6 Å². The summed E-state index contributed by atoms with van der Waals surface area (Å²) in [5.74, 6) is -0.966. The highest BCUT2D eigenvalue weighted by Crippen LogP contribution is 2.34. The molecule has 28 heavy (non-hydrogen) atoms. The number of aromatic nitrogens is 2. The molecular weight excluding hydrogens is 374 g/mol. The van der Waals surface area contributed by atoms with Crippen LogP contribution in [0.2, 0.25) is 0 Å². The van der Waals surface area contributed by atoms with Crippen LogP contribution in [0, 0.1) is 5.82 Å². The first-order valence-electron chi connectivity index (χ1n) is 8.77. The van der Waals surface area contributed by atoms with Gasteiger partial charge in [0.2, 0.25) is 5.95 Å². The molecule has 1 aliphatic rings. The van der Waals surface area contributed by atoms with Crippen LogP contribution < -0.4 is 15.5 Å². The van der Waals surface area contributed by atoms with Crippen LogP contribution in [0.5, 0.6) is 0 Å². The molecule has 0 amide bonds. The van der Waals surface area contributed by atoms with E-state index in [2.05, 4.69) is 25.5 Å². The Morgan fingerprint density at radius 2 is 1.68 bits per heavy atom. The van der Waals surface area contributed by atoms with Gasteiger partial charge in [-0.05, 0) is 42.5 Å². The second-order valence-electron chi connectivity index (χ2n) is 6.46. The Hall–Kier alpha value is -2.94. The third kappa shape index (κ3) is 3.84. The van der Waals surface area contributed by atoms with E-state index in [1.165, 1.54) is 6.07 Å². The van der Waals surface area contributed by atoms with E-state index in [1.54, 1.807) is 12.1 Å². The van der Waals surface area contributed by atoms with E-state index in [-0.39, 0.29) is 16.9 Å². The van der Waals surface area contributed by atoms with Gasteiger partial charge in [0.1, 0.15) is 5.82 Å². The maximum Gasteiger partial charge on any atom is 0.434 e. The number of nitrogens with one attached hydrogen (secondary N) is 2. The molecule has 0 aliphatic carbocycles. The van der Waals surface area contributed by atoms with Gasteiger partial charge < -0.3 is 15.5 Å². The third-order valence-corrected chi connectivity index (χ3v) is 4.53. The molecule has 1 aromatic heterocycles. The van der Waals surface area contributed by atoms with Crippen molar-refractivity contribution in [3.05, 3.63) is 54.0 Å². The Balaban J connectivity index is 1.63. The van der Waals surface area contributed by atoms with Crippen LogP contribution >= 0.6 is 0 Å². The van der Waals surface area contributed by atoms with Gasteiger partial charge >= 0.3 is 6.18 Å². The predicted octanol–water partition coefficient (Wildman–Crippen LogP) is 3.94. The summed E-state index contributed by atoms with van der Waals surface area (Å²) in [7, 11) is 0. The monoisotopic (exact) mass is 391 g/mol. The van der Waals surface area contributed by atoms with Crippen LogP contribution in [-0.4, -0.2) is 36.1 Å². The minimum atomic E-state index is -4.72. The lowest BCUT2D eigenvalue weighted by atomic mass is 10.2. The Bertz CT molecular complexity index is 982. The van der Waals surface area contributed by atoms with Gasteiger partial charge in [0.25, 0.3) is 0 Å². The molecule has 5 nitrogen and oxygen atoms in total. The SMILES string of the molecule is Fc1ccc2nc(Nc3ccc(N4CCNCC4)cc3)nc(C(F)(F)F)c2c1. The van der Waals surface area contributed by atoms with E-state index in [0.717, 1.165) is 44.0 Å². The van der Waals surface area contributed by atoms with Gasteiger partial charge in [-0.3, -0.25) is 0 Å². The maximum atomic E-state index is 13.4. The number of fused-ring (bicyclic) bond motifs is 1. The fraction of sp³-hybridized carbons (Fsp3) is 0.263. The zero-order chi connectivity index (χ0) is 19.7. The second-order valence-corrected chi connectivity index (χ2v) is 6.46. The number of hydrogen-bond acceptors (Lipinski definition) is 5. The average molecular weight is 391 g/mol. The highest BCUT2D eigenvalue weighted by atomic mass is 19.4. The molecule has 0 radical (unpaired) electrons. The lowest BCUT2D eigenvalue weighted by molar-refractivity contribution is -0.139. The molecule has 3 aromatic rings. The number of rotatable bonds is 3. The molecule has 0 spiro atoms. The van der Waals surface area contributed by atoms with Crippen molar-refractivity contribution in [3.8, 4) is 0 Å². The van der Waals surface area contributed by atoms with Gasteiger partial charge in [-0.1, -0.05) is 0 Å². The molecule has 2 N–H and O–H groups in total. The topological polar surface area (TPSA) is 53.1 Å². The molecule has 0 unspecified atom stereocenters. The van der Waals surface area contributed by atoms with Crippen LogP contribution in [-0.2, 0) is 6.18 Å². The Morgan fingerprint density at radius 1 is 0.964 bits per heavy atom. The molecule has 4 rings (SSSR count). The zero-order valence-electron chi connectivity index (χ0n) is 14.7. The molecule has 2 heterocycles. The zero-order valence-corrected chi connectivity index (χ0v) is 14.7. The normalized spacial score (nSPS) is 15.1. The Morgan fingerprint density at radius 3 is 2.36 bits per heavy atom. The predicted molar refractivity (Wildman–Crippen MR) is 99.3 cm³/mol. The molecule has 1 aliphatic heterocycles. The molecule has 146 valence electrons. The number of hydrogen-bond donors (Lipinski definition) is 2. The van der Waals surface area contributed by atoms with Crippen LogP contribution in [0.4, 0.5) is 34.9 Å². The summed E-state index contributed by atoms with van der Waals surface area (Å²) >= 11 is 0. The summed E-state index contributed by atoms with van der Waals surface area (Å²) < 4.78 is 53.5. The molecule has 2 aromatic carbocycles. The molecule has 9 heteroatoms. The van der Waals surface area contributed by atoms with Gasteiger partial charge in [0.15, 0.2) is 5.69 Å². The Labute approximate surface area is 158 Å². The lowest BCUT2D eigenvalue weighted by Crippen LogP contribution is -2.43. The van der Waals surface area contributed by atoms with Gasteiger partial charge in [-0.2, -0.15) is 13.2 Å². The average Bonchev–Trinajstić information content (AvgIpc) is 2.68. The summed E-state index contributed by atoms with van der Waals surface area (Å²) in [6.45, 7) is 3.61. The summed E-state index contributed by atoms with van der Waals surface area (Å²) in [5.41, 5.74) is 0.451. The van der Waals surface area contributed by atoms with Crippen LogP contribution in [0.3, 0.4) is 0 Å². The second kappa shape index (κ2) is 7.23. The van der Waals surface area contributed by atoms with Crippen LogP contribution in [0.15, 0.2) is 42.5 Å². The van der Waals surface area contributed by atoms with Crippen molar-refractivity contribution >= 4 is 28.2 Å². The van der Waals surface area contributed by atoms with E-state index in [1.807, 2.05) is 12.1 Å². The van der Waals surface area contributed by atoms with Gasteiger partial charge in [0.05, 0.1) is 5.52 Å². The first-order chi connectivity index (χ1) is 13.4. The van der Waals surface area contributed by atoms with Gasteiger partial charge in [0, 0.05) is 42.9 Å². The molecule has 0 bridgehead atoms. The van der Waals surface area contributed by atoms with Crippen LogP contribution in [0.1, 0.15) is 5.69 Å². The van der Waals surface area contributed by atoms with Crippen LogP contribution in [0.25, 0.3) is 10.9 Å². The number of halogens is 4. The number of nitrogens with zero attached hydrogens (tertiary/aromatic N) is 3. The fourth-order valence-corrected chi connectivity index (χ4v) is 3.18. The number of anilines is 3. The van der Waals surface area contributed by atoms with Crippen molar-refractivity contribution in [3.63, 3.8) is 0 Å². The maximum absolute atomic E-state index is 13.4. The van der Waals surface area contributed by atoms with Crippen molar-refractivity contribution in [1.82, 2.24) is 15.3 Å². The highest BCUT2D eigenvalue weighted by Gasteiger charge is 2.35. The molecule has 1 fully saturated rings. The van der Waals surface area contributed by atoms with E-state index in [0.29, 0.717) is 5.69 Å². The first-order valence-corrected chi connectivity index (χ1v) is 8.77. The van der Waals surface area contributed by atoms with Crippen molar-refractivity contribution in [2.24, 2.45) is 0 Å². The largest absolute Gasteiger partial charge is 0.434 e. The summed E-state index contributed by atoms with van der Waals surface area (Å²) in [4.78, 5) is 9.90. The van der Waals surface area contributed by atoms with E-state index in [9.17, 15) is 17.6 Å². The number of alkyl halides is 3. The van der Waals surface area contributed by atoms with Crippen molar-refractivity contribution in [2.45, 2.75) is 6.18 Å². The van der Waals surface area contributed by atoms with Gasteiger partial charge in [-0.15, -0.1) is 0 Å². The lowest BCUT2D eigenvalue weighted by Gasteiger charge is -2.29. The van der Waals surface area contributed by atoms with E-state index >= 15 is 0 Å².